The van der Waals surface area contributed by atoms with Crippen LogP contribution >= 0.6 is 0 Å². The van der Waals surface area contributed by atoms with Crippen LogP contribution in [0.4, 0.5) is 0 Å². The Morgan fingerprint density at radius 1 is 1.31 bits per heavy atom. The summed E-state index contributed by atoms with van der Waals surface area (Å²) in [6, 6.07) is 5.97. The van der Waals surface area contributed by atoms with E-state index in [1.165, 1.54) is 32.1 Å². The van der Waals surface area contributed by atoms with E-state index in [9.17, 15) is 4.79 Å². The third kappa shape index (κ3) is 2.60. The Morgan fingerprint density at radius 2 is 2.12 bits per heavy atom. The van der Waals surface area contributed by atoms with Gasteiger partial charge in [-0.2, -0.15) is 0 Å². The van der Waals surface area contributed by atoms with E-state index in [0.29, 0.717) is 5.92 Å². The molecule has 1 aliphatic carbocycles. The summed E-state index contributed by atoms with van der Waals surface area (Å²) in [6.07, 6.45) is 8.85. The second kappa shape index (κ2) is 5.64. The fraction of sp³-hybridized carbons (Fsp3) is 0.538. The number of hydrogen-bond acceptors (Lipinski definition) is 2. The zero-order valence-corrected chi connectivity index (χ0v) is 9.43. The molecule has 0 radical (unpaired) electrons. The van der Waals surface area contributed by atoms with Crippen LogP contribution in [0.2, 0.25) is 0 Å². The van der Waals surface area contributed by atoms with E-state index in [2.05, 4.69) is 10.3 Å². The second-order valence-corrected chi connectivity index (χ2v) is 4.41. The highest BCUT2D eigenvalue weighted by Crippen LogP contribution is 2.33. The molecule has 3 heteroatoms. The minimum absolute atomic E-state index is 0.0963. The van der Waals surface area contributed by atoms with Gasteiger partial charge in [0.2, 0.25) is 6.41 Å². The quantitative estimate of drug-likeness (QED) is 0.789. The van der Waals surface area contributed by atoms with Gasteiger partial charge in [0.1, 0.15) is 0 Å². The smallest absolute Gasteiger partial charge is 0.207 e. The van der Waals surface area contributed by atoms with E-state index in [1.54, 1.807) is 6.20 Å². The molecule has 0 spiro atoms. The summed E-state index contributed by atoms with van der Waals surface area (Å²) in [4.78, 5) is 15.0. The molecular weight excluding hydrogens is 200 g/mol. The Hall–Kier alpha value is -1.38. The van der Waals surface area contributed by atoms with Crippen LogP contribution in [0.15, 0.2) is 24.4 Å². The first-order valence-electron chi connectivity index (χ1n) is 6.02. The lowest BCUT2D eigenvalue weighted by Crippen LogP contribution is -2.29. The number of nitrogens with one attached hydrogen (secondary N) is 1. The van der Waals surface area contributed by atoms with Crippen molar-refractivity contribution in [2.45, 2.75) is 38.1 Å². The molecule has 1 N–H and O–H groups in total. The molecule has 1 aliphatic rings. The Balaban J connectivity index is 2.12. The minimum atomic E-state index is 0.0963. The monoisotopic (exact) mass is 218 g/mol. The lowest BCUT2D eigenvalue weighted by molar-refractivity contribution is -0.110. The molecule has 1 atom stereocenters. The zero-order chi connectivity index (χ0) is 11.2. The van der Waals surface area contributed by atoms with Gasteiger partial charge in [-0.05, 0) is 30.9 Å². The highest BCUT2D eigenvalue weighted by molar-refractivity contribution is 5.47. The third-order valence-electron chi connectivity index (χ3n) is 3.38. The van der Waals surface area contributed by atoms with Gasteiger partial charge in [0.25, 0.3) is 0 Å². The Labute approximate surface area is 96.3 Å². The van der Waals surface area contributed by atoms with Crippen molar-refractivity contribution in [3.05, 3.63) is 30.1 Å². The van der Waals surface area contributed by atoms with Gasteiger partial charge in [0, 0.05) is 6.20 Å². The molecule has 16 heavy (non-hydrogen) atoms. The van der Waals surface area contributed by atoms with E-state index < -0.39 is 0 Å². The van der Waals surface area contributed by atoms with Crippen molar-refractivity contribution in [3.8, 4) is 0 Å². The van der Waals surface area contributed by atoms with Gasteiger partial charge in [0.05, 0.1) is 11.7 Å². The fourth-order valence-electron chi connectivity index (χ4n) is 2.56. The SMILES string of the molecule is O=CN[C@@H](c1ccccn1)C1CCCCC1. The van der Waals surface area contributed by atoms with Crippen LogP contribution in [0.3, 0.4) is 0 Å². The maximum atomic E-state index is 10.7. The lowest BCUT2D eigenvalue weighted by Gasteiger charge is -2.29. The average molecular weight is 218 g/mol. The van der Waals surface area contributed by atoms with Crippen LogP contribution in [0.5, 0.6) is 0 Å². The summed E-state index contributed by atoms with van der Waals surface area (Å²) in [7, 11) is 0. The molecular formula is C13H18N2O. The summed E-state index contributed by atoms with van der Waals surface area (Å²) in [6.45, 7) is 0. The number of nitrogens with zero attached hydrogens (tertiary/aromatic N) is 1. The molecule has 1 fully saturated rings. The molecule has 0 unspecified atom stereocenters. The highest BCUT2D eigenvalue weighted by atomic mass is 16.1. The van der Waals surface area contributed by atoms with Crippen LogP contribution < -0.4 is 5.32 Å². The van der Waals surface area contributed by atoms with Gasteiger partial charge in [-0.3, -0.25) is 9.78 Å². The topological polar surface area (TPSA) is 42.0 Å². The largest absolute Gasteiger partial charge is 0.350 e. The van der Waals surface area contributed by atoms with Gasteiger partial charge in [0.15, 0.2) is 0 Å². The normalized spacial score (nSPS) is 19.0. The van der Waals surface area contributed by atoms with Crippen LogP contribution in [-0.2, 0) is 4.79 Å². The maximum absolute atomic E-state index is 10.7. The molecule has 86 valence electrons. The summed E-state index contributed by atoms with van der Waals surface area (Å²) in [5.74, 6) is 0.550. The predicted molar refractivity (Wildman–Crippen MR) is 62.8 cm³/mol. The standard InChI is InChI=1S/C13H18N2O/c16-10-15-13(11-6-2-1-3-7-11)12-8-4-5-9-14-12/h4-5,8-11,13H,1-3,6-7H2,(H,15,16)/t13-/m1/s1. The van der Waals surface area contributed by atoms with Gasteiger partial charge in [-0.1, -0.05) is 25.3 Å². The van der Waals surface area contributed by atoms with Crippen molar-refractivity contribution in [2.24, 2.45) is 5.92 Å². The first kappa shape index (κ1) is 11.1. The molecule has 2 rings (SSSR count). The molecule has 0 saturated heterocycles. The number of carbonyl (C=O) groups excluding carboxylic acids is 1. The van der Waals surface area contributed by atoms with Gasteiger partial charge < -0.3 is 5.32 Å². The summed E-state index contributed by atoms with van der Waals surface area (Å²) < 4.78 is 0. The first-order valence-corrected chi connectivity index (χ1v) is 6.02. The Bertz CT molecular complexity index is 320. The van der Waals surface area contributed by atoms with E-state index >= 15 is 0 Å². The van der Waals surface area contributed by atoms with Gasteiger partial charge in [-0.25, -0.2) is 0 Å². The number of carbonyl (C=O) groups is 1. The van der Waals surface area contributed by atoms with E-state index in [0.717, 1.165) is 12.1 Å². The molecule has 1 aromatic rings. The molecule has 1 amide bonds. The van der Waals surface area contributed by atoms with Crippen LogP contribution in [-0.4, -0.2) is 11.4 Å². The summed E-state index contributed by atoms with van der Waals surface area (Å²) in [5, 5.41) is 2.93. The maximum Gasteiger partial charge on any atom is 0.207 e. The zero-order valence-electron chi connectivity index (χ0n) is 9.43. The van der Waals surface area contributed by atoms with E-state index in [1.807, 2.05) is 18.2 Å². The predicted octanol–water partition coefficient (Wildman–Crippen LogP) is 2.45. The van der Waals surface area contributed by atoms with Crippen LogP contribution in [0, 0.1) is 5.92 Å². The number of pyridine rings is 1. The molecule has 1 saturated carbocycles. The molecule has 0 aliphatic heterocycles. The third-order valence-corrected chi connectivity index (χ3v) is 3.38. The van der Waals surface area contributed by atoms with Crippen LogP contribution in [0.25, 0.3) is 0 Å². The van der Waals surface area contributed by atoms with Gasteiger partial charge in [-0.15, -0.1) is 0 Å². The lowest BCUT2D eigenvalue weighted by atomic mass is 9.82. The van der Waals surface area contributed by atoms with Crippen LogP contribution in [0.1, 0.15) is 43.8 Å². The summed E-state index contributed by atoms with van der Waals surface area (Å²) >= 11 is 0. The molecule has 0 bridgehead atoms. The molecule has 1 aromatic heterocycles. The Morgan fingerprint density at radius 3 is 2.75 bits per heavy atom. The first-order chi connectivity index (χ1) is 7.92. The van der Waals surface area contributed by atoms with E-state index in [-0.39, 0.29) is 6.04 Å². The average Bonchev–Trinajstić information content (AvgIpc) is 2.38. The fourth-order valence-corrected chi connectivity index (χ4v) is 2.56. The van der Waals surface area contributed by atoms with Crippen molar-refractivity contribution in [2.75, 3.05) is 0 Å². The number of aromatic nitrogens is 1. The second-order valence-electron chi connectivity index (χ2n) is 4.41. The van der Waals surface area contributed by atoms with Crippen molar-refractivity contribution in [3.63, 3.8) is 0 Å². The summed E-state index contributed by atoms with van der Waals surface area (Å²) in [5.41, 5.74) is 0.988. The number of hydrogen-bond donors (Lipinski definition) is 1. The highest BCUT2D eigenvalue weighted by Gasteiger charge is 2.25. The molecule has 0 aromatic carbocycles. The number of amides is 1. The minimum Gasteiger partial charge on any atom is -0.350 e. The van der Waals surface area contributed by atoms with Crippen molar-refractivity contribution < 1.29 is 4.79 Å². The molecule has 1 heterocycles. The van der Waals surface area contributed by atoms with E-state index in [4.69, 9.17) is 0 Å². The van der Waals surface area contributed by atoms with Crippen molar-refractivity contribution in [1.29, 1.82) is 0 Å². The molecule has 3 nitrogen and oxygen atoms in total. The van der Waals surface area contributed by atoms with Gasteiger partial charge >= 0.3 is 0 Å². The van der Waals surface area contributed by atoms with Crippen molar-refractivity contribution >= 4 is 6.41 Å². The number of rotatable bonds is 4. The van der Waals surface area contributed by atoms with Crippen molar-refractivity contribution in [1.82, 2.24) is 10.3 Å². The Kier molecular flexibility index (Phi) is 3.91.